The molecule has 0 saturated carbocycles. The predicted molar refractivity (Wildman–Crippen MR) is 40.0 cm³/mol. The van der Waals surface area contributed by atoms with Gasteiger partial charge in [-0.15, -0.1) is 0 Å². The maximum Gasteiger partial charge on any atom is 0.232 e. The molecule has 1 N–H and O–H groups in total. The van der Waals surface area contributed by atoms with Gasteiger partial charge >= 0.3 is 0 Å². The van der Waals surface area contributed by atoms with Gasteiger partial charge in [-0.25, -0.2) is 4.98 Å². The second kappa shape index (κ2) is 3.77. The van der Waals surface area contributed by atoms with Crippen molar-refractivity contribution in [3.8, 4) is 5.88 Å². The Morgan fingerprint density at radius 3 is 3.00 bits per heavy atom. The third kappa shape index (κ3) is 1.76. The highest BCUT2D eigenvalue weighted by Gasteiger charge is 2.06. The zero-order valence-electron chi connectivity index (χ0n) is 6.52. The normalized spacial score (nSPS) is 9.50. The molecule has 0 aliphatic carbocycles. The van der Waals surface area contributed by atoms with Gasteiger partial charge in [-0.05, 0) is 0 Å². The number of aliphatic hydroxyl groups is 1. The summed E-state index contributed by atoms with van der Waals surface area (Å²) in [5, 5.41) is 8.49. The largest absolute Gasteiger partial charge is 0.480 e. The van der Waals surface area contributed by atoms with Crippen LogP contribution < -0.4 is 4.74 Å². The first-order valence-corrected chi connectivity index (χ1v) is 3.28. The van der Waals surface area contributed by atoms with Crippen molar-refractivity contribution in [2.75, 3.05) is 13.7 Å². The van der Waals surface area contributed by atoms with Crippen molar-refractivity contribution in [1.29, 1.82) is 0 Å². The van der Waals surface area contributed by atoms with E-state index in [0.717, 1.165) is 0 Å². The van der Waals surface area contributed by atoms with E-state index in [9.17, 15) is 4.79 Å². The lowest BCUT2D eigenvalue weighted by atomic mass is 10.3. The lowest BCUT2D eigenvalue weighted by molar-refractivity contribution is 0.0897. The van der Waals surface area contributed by atoms with Crippen LogP contribution in [0.25, 0.3) is 0 Å². The third-order valence-corrected chi connectivity index (χ3v) is 1.25. The third-order valence-electron chi connectivity index (χ3n) is 1.25. The Balaban J connectivity index is 2.93. The van der Waals surface area contributed by atoms with E-state index in [2.05, 4.69) is 9.97 Å². The number of methoxy groups -OCH3 is 1. The summed E-state index contributed by atoms with van der Waals surface area (Å²) in [6, 6.07) is 0. The van der Waals surface area contributed by atoms with Crippen molar-refractivity contribution in [3.63, 3.8) is 0 Å². The van der Waals surface area contributed by atoms with E-state index in [0.29, 0.717) is 0 Å². The number of hydrogen-bond acceptors (Lipinski definition) is 5. The Labute approximate surface area is 69.0 Å². The molecule has 1 heterocycles. The minimum absolute atomic E-state index is 0.108. The molecule has 1 aromatic heterocycles. The van der Waals surface area contributed by atoms with Crippen molar-refractivity contribution < 1.29 is 14.6 Å². The first-order valence-electron chi connectivity index (χ1n) is 3.28. The molecule has 5 nitrogen and oxygen atoms in total. The molecule has 12 heavy (non-hydrogen) atoms. The molecule has 0 spiro atoms. The fourth-order valence-corrected chi connectivity index (χ4v) is 0.662. The Hall–Kier alpha value is -1.49. The van der Waals surface area contributed by atoms with Gasteiger partial charge in [0.05, 0.1) is 19.5 Å². The minimum Gasteiger partial charge on any atom is -0.480 e. The van der Waals surface area contributed by atoms with Crippen molar-refractivity contribution in [1.82, 2.24) is 9.97 Å². The molecule has 0 amide bonds. The number of hydrogen-bond donors (Lipinski definition) is 1. The van der Waals surface area contributed by atoms with Crippen molar-refractivity contribution >= 4 is 5.78 Å². The fraction of sp³-hybridized carbons (Fsp3) is 0.286. The summed E-state index contributed by atoms with van der Waals surface area (Å²) in [6.07, 6.45) is 2.66. The van der Waals surface area contributed by atoms with Crippen LogP contribution in [0.1, 0.15) is 10.5 Å². The Morgan fingerprint density at radius 2 is 2.42 bits per heavy atom. The molecule has 0 aliphatic rings. The lowest BCUT2D eigenvalue weighted by Gasteiger charge is -1.98. The number of ketones is 1. The van der Waals surface area contributed by atoms with Crippen LogP contribution in [0.2, 0.25) is 0 Å². The summed E-state index contributed by atoms with van der Waals surface area (Å²) in [6.45, 7) is -0.568. The molecule has 1 aromatic rings. The second-order valence-corrected chi connectivity index (χ2v) is 2.03. The number of ether oxygens (including phenoxy) is 1. The summed E-state index contributed by atoms with van der Waals surface area (Å²) in [5.74, 6) is -0.212. The topological polar surface area (TPSA) is 72.3 Å². The minimum atomic E-state index is -0.568. The van der Waals surface area contributed by atoms with Gasteiger partial charge in [-0.1, -0.05) is 0 Å². The number of carbonyl (C=O) groups excluding carboxylic acids is 1. The number of aromatic nitrogens is 2. The van der Waals surface area contributed by atoms with Gasteiger partial charge in [0.15, 0.2) is 0 Å². The lowest BCUT2D eigenvalue weighted by Crippen LogP contribution is -2.07. The molecular formula is C7H8N2O3. The number of carbonyl (C=O) groups is 1. The number of aliphatic hydroxyl groups excluding tert-OH is 1. The van der Waals surface area contributed by atoms with Gasteiger partial charge in [-0.3, -0.25) is 9.78 Å². The van der Waals surface area contributed by atoms with Crippen LogP contribution in [0.5, 0.6) is 5.88 Å². The average Bonchev–Trinajstić information content (AvgIpc) is 2.17. The summed E-state index contributed by atoms with van der Waals surface area (Å²) in [5.41, 5.74) is 0.108. The van der Waals surface area contributed by atoms with E-state index in [1.54, 1.807) is 0 Å². The Morgan fingerprint density at radius 1 is 1.67 bits per heavy atom. The molecule has 64 valence electrons. The van der Waals surface area contributed by atoms with E-state index < -0.39 is 12.4 Å². The van der Waals surface area contributed by atoms with E-state index in [-0.39, 0.29) is 11.6 Å². The van der Waals surface area contributed by atoms with Crippen LogP contribution in [0.15, 0.2) is 12.4 Å². The monoisotopic (exact) mass is 168 g/mol. The summed E-state index contributed by atoms with van der Waals surface area (Å²) in [4.78, 5) is 18.3. The quantitative estimate of drug-likeness (QED) is 0.625. The van der Waals surface area contributed by atoms with E-state index in [1.165, 1.54) is 19.5 Å². The van der Waals surface area contributed by atoms with Crippen LogP contribution in [-0.2, 0) is 0 Å². The molecule has 0 atom stereocenters. The summed E-state index contributed by atoms with van der Waals surface area (Å²) < 4.78 is 4.74. The molecular weight excluding hydrogens is 160 g/mol. The first-order chi connectivity index (χ1) is 5.77. The fourth-order valence-electron chi connectivity index (χ4n) is 0.662. The number of nitrogens with zero attached hydrogens (tertiary/aromatic N) is 2. The smallest absolute Gasteiger partial charge is 0.232 e. The molecule has 0 bridgehead atoms. The zero-order chi connectivity index (χ0) is 8.97. The standard InChI is InChI=1S/C7H8N2O3/c1-12-7-3-8-2-5(9-7)6(11)4-10/h2-3,10H,4H2,1H3. The zero-order valence-corrected chi connectivity index (χ0v) is 6.52. The van der Waals surface area contributed by atoms with E-state index in [1.807, 2.05) is 0 Å². The maximum absolute atomic E-state index is 10.9. The Bertz CT molecular complexity index is 288. The number of Topliss-reactive ketones (excluding diaryl/α,β-unsaturated/α-hetero) is 1. The van der Waals surface area contributed by atoms with Gasteiger partial charge in [0.2, 0.25) is 11.7 Å². The second-order valence-electron chi connectivity index (χ2n) is 2.03. The van der Waals surface area contributed by atoms with E-state index in [4.69, 9.17) is 9.84 Å². The maximum atomic E-state index is 10.9. The highest BCUT2D eigenvalue weighted by molar-refractivity contribution is 5.94. The summed E-state index contributed by atoms with van der Waals surface area (Å²) >= 11 is 0. The molecule has 1 rings (SSSR count). The van der Waals surface area contributed by atoms with Gasteiger partial charge < -0.3 is 9.84 Å². The predicted octanol–water partition coefficient (Wildman–Crippen LogP) is -0.340. The van der Waals surface area contributed by atoms with Crippen LogP contribution >= 0.6 is 0 Å². The summed E-state index contributed by atoms with van der Waals surface area (Å²) in [7, 11) is 1.43. The SMILES string of the molecule is COc1cncc(C(=O)CO)n1. The van der Waals surface area contributed by atoms with Gasteiger partial charge in [-0.2, -0.15) is 0 Å². The highest BCUT2D eigenvalue weighted by atomic mass is 16.5. The molecule has 0 fully saturated rings. The van der Waals surface area contributed by atoms with Crippen LogP contribution in [0.3, 0.4) is 0 Å². The van der Waals surface area contributed by atoms with E-state index >= 15 is 0 Å². The molecule has 0 unspecified atom stereocenters. The van der Waals surface area contributed by atoms with Crippen molar-refractivity contribution in [2.24, 2.45) is 0 Å². The van der Waals surface area contributed by atoms with Gasteiger partial charge in [0, 0.05) is 0 Å². The van der Waals surface area contributed by atoms with Crippen LogP contribution in [0.4, 0.5) is 0 Å². The van der Waals surface area contributed by atoms with Crippen LogP contribution in [0, 0.1) is 0 Å². The molecule has 0 aliphatic heterocycles. The highest BCUT2D eigenvalue weighted by Crippen LogP contribution is 2.03. The average molecular weight is 168 g/mol. The molecule has 0 aromatic carbocycles. The first kappa shape index (κ1) is 8.61. The number of rotatable bonds is 3. The van der Waals surface area contributed by atoms with Crippen LogP contribution in [-0.4, -0.2) is 34.6 Å². The molecule has 5 heteroatoms. The Kier molecular flexibility index (Phi) is 2.71. The molecule has 0 radical (unpaired) electrons. The van der Waals surface area contributed by atoms with Gasteiger partial charge in [0.25, 0.3) is 0 Å². The molecule has 0 saturated heterocycles. The van der Waals surface area contributed by atoms with Gasteiger partial charge in [0.1, 0.15) is 12.3 Å². The van der Waals surface area contributed by atoms with Crippen molar-refractivity contribution in [3.05, 3.63) is 18.1 Å². The van der Waals surface area contributed by atoms with Crippen molar-refractivity contribution in [2.45, 2.75) is 0 Å².